The molecular formula is C15H21ClN2O3. The van der Waals surface area contributed by atoms with Crippen molar-refractivity contribution in [2.75, 3.05) is 13.1 Å². The molecule has 0 radical (unpaired) electrons. The van der Waals surface area contributed by atoms with Gasteiger partial charge in [-0.1, -0.05) is 6.07 Å². The number of benzene rings is 1. The first-order valence-electron chi connectivity index (χ1n) is 7.12. The largest absolute Gasteiger partial charge is 0.508 e. The Bertz CT molecular complexity index is 524. The third-order valence-electron chi connectivity index (χ3n) is 4.16. The van der Waals surface area contributed by atoms with Gasteiger partial charge in [-0.3, -0.25) is 4.79 Å². The van der Waals surface area contributed by atoms with Crippen molar-refractivity contribution in [2.45, 2.75) is 38.0 Å². The van der Waals surface area contributed by atoms with Gasteiger partial charge in [0.05, 0.1) is 6.10 Å². The molecule has 0 spiro atoms. The Balaban J connectivity index is 0.00000161. The maximum atomic E-state index is 12.5. The molecule has 1 saturated heterocycles. The molecule has 0 bridgehead atoms. The van der Waals surface area contributed by atoms with Crippen molar-refractivity contribution < 1.29 is 14.6 Å². The van der Waals surface area contributed by atoms with Crippen molar-refractivity contribution in [3.05, 3.63) is 29.3 Å². The van der Waals surface area contributed by atoms with Crippen LogP contribution in [0.4, 0.5) is 0 Å². The lowest BCUT2D eigenvalue weighted by Gasteiger charge is -2.30. The van der Waals surface area contributed by atoms with Gasteiger partial charge in [0.1, 0.15) is 11.9 Å². The fourth-order valence-electron chi connectivity index (χ4n) is 3.00. The van der Waals surface area contributed by atoms with E-state index in [-0.39, 0.29) is 36.3 Å². The van der Waals surface area contributed by atoms with Crippen molar-refractivity contribution >= 4 is 18.3 Å². The Labute approximate surface area is 130 Å². The second-order valence-corrected chi connectivity index (χ2v) is 5.52. The highest BCUT2D eigenvalue weighted by Gasteiger charge is 2.34. The van der Waals surface area contributed by atoms with Gasteiger partial charge in [-0.15, -0.1) is 12.4 Å². The zero-order valence-electron chi connectivity index (χ0n) is 11.8. The van der Waals surface area contributed by atoms with Gasteiger partial charge in [0.25, 0.3) is 5.91 Å². The van der Waals surface area contributed by atoms with E-state index < -0.39 is 0 Å². The molecule has 116 valence electrons. The fraction of sp³-hybridized carbons (Fsp3) is 0.533. The molecule has 0 aromatic heterocycles. The average molecular weight is 313 g/mol. The number of halogens is 1. The van der Waals surface area contributed by atoms with Crippen LogP contribution in [0.1, 0.15) is 24.0 Å². The number of nitrogens with two attached hydrogens (primary N) is 1. The van der Waals surface area contributed by atoms with Crippen LogP contribution in [0.3, 0.4) is 0 Å². The fourth-order valence-corrected chi connectivity index (χ4v) is 3.00. The smallest absolute Gasteiger partial charge is 0.252 e. The van der Waals surface area contributed by atoms with Crippen LogP contribution in [-0.4, -0.2) is 41.2 Å². The highest BCUT2D eigenvalue weighted by atomic mass is 35.5. The second kappa shape index (κ2) is 6.64. The average Bonchev–Trinajstić information content (AvgIpc) is 2.94. The predicted octanol–water partition coefficient (Wildman–Crippen LogP) is 1.20. The molecule has 1 aromatic carbocycles. The third-order valence-corrected chi connectivity index (χ3v) is 4.16. The monoisotopic (exact) mass is 312 g/mol. The summed E-state index contributed by atoms with van der Waals surface area (Å²) in [6.45, 7) is 1.74. The molecule has 21 heavy (non-hydrogen) atoms. The summed E-state index contributed by atoms with van der Waals surface area (Å²) >= 11 is 0. The SMILES string of the molecule is Cl.NC[C@H]1CC[C@@H](C(=O)N2CCc3ccc(O)cc3C2)O1. The van der Waals surface area contributed by atoms with Gasteiger partial charge < -0.3 is 20.5 Å². The molecule has 5 nitrogen and oxygen atoms in total. The molecule has 1 aromatic rings. The molecule has 0 aliphatic carbocycles. The minimum Gasteiger partial charge on any atom is -0.508 e. The van der Waals surface area contributed by atoms with E-state index in [1.807, 2.05) is 11.0 Å². The number of ether oxygens (including phenoxy) is 1. The minimum atomic E-state index is -0.345. The highest BCUT2D eigenvalue weighted by molar-refractivity contribution is 5.85. The first kappa shape index (κ1) is 16.1. The van der Waals surface area contributed by atoms with E-state index in [4.69, 9.17) is 10.5 Å². The number of hydrogen-bond acceptors (Lipinski definition) is 4. The normalized spacial score (nSPS) is 24.3. The highest BCUT2D eigenvalue weighted by Crippen LogP contribution is 2.26. The third kappa shape index (κ3) is 3.31. The van der Waals surface area contributed by atoms with Crippen LogP contribution in [-0.2, 0) is 22.5 Å². The molecule has 1 fully saturated rings. The van der Waals surface area contributed by atoms with E-state index in [1.54, 1.807) is 12.1 Å². The van der Waals surface area contributed by atoms with E-state index >= 15 is 0 Å². The maximum Gasteiger partial charge on any atom is 0.252 e. The van der Waals surface area contributed by atoms with Gasteiger partial charge in [0.2, 0.25) is 0 Å². The molecule has 0 unspecified atom stereocenters. The number of rotatable bonds is 2. The van der Waals surface area contributed by atoms with Crippen molar-refractivity contribution in [3.63, 3.8) is 0 Å². The van der Waals surface area contributed by atoms with Crippen molar-refractivity contribution in [2.24, 2.45) is 5.73 Å². The van der Waals surface area contributed by atoms with E-state index in [1.165, 1.54) is 5.56 Å². The number of amides is 1. The van der Waals surface area contributed by atoms with Gasteiger partial charge in [-0.25, -0.2) is 0 Å². The first-order chi connectivity index (χ1) is 9.67. The van der Waals surface area contributed by atoms with E-state index in [0.717, 1.165) is 24.8 Å². The second-order valence-electron chi connectivity index (χ2n) is 5.52. The van der Waals surface area contributed by atoms with Crippen LogP contribution in [0.25, 0.3) is 0 Å². The summed E-state index contributed by atoms with van der Waals surface area (Å²) in [6, 6.07) is 5.37. The molecule has 1 amide bonds. The lowest BCUT2D eigenvalue weighted by Crippen LogP contribution is -2.42. The molecule has 3 N–H and O–H groups in total. The summed E-state index contributed by atoms with van der Waals surface area (Å²) in [5.41, 5.74) is 7.81. The predicted molar refractivity (Wildman–Crippen MR) is 81.4 cm³/mol. The van der Waals surface area contributed by atoms with Gasteiger partial charge in [0, 0.05) is 19.6 Å². The molecule has 3 rings (SSSR count). The molecule has 0 saturated carbocycles. The quantitative estimate of drug-likeness (QED) is 0.860. The van der Waals surface area contributed by atoms with Crippen LogP contribution >= 0.6 is 12.4 Å². The Hall–Kier alpha value is -1.30. The summed E-state index contributed by atoms with van der Waals surface area (Å²) in [6.07, 6.45) is 2.11. The molecule has 2 aliphatic heterocycles. The van der Waals surface area contributed by atoms with Crippen molar-refractivity contribution in [3.8, 4) is 5.75 Å². The summed E-state index contributed by atoms with van der Waals surface area (Å²) in [5, 5.41) is 9.55. The van der Waals surface area contributed by atoms with Gasteiger partial charge >= 0.3 is 0 Å². The van der Waals surface area contributed by atoms with E-state index in [2.05, 4.69) is 0 Å². The number of fused-ring (bicyclic) bond motifs is 1. The molecular weight excluding hydrogens is 292 g/mol. The number of phenols is 1. The molecule has 2 atom stereocenters. The molecule has 2 aliphatic rings. The van der Waals surface area contributed by atoms with Crippen LogP contribution < -0.4 is 5.73 Å². The van der Waals surface area contributed by atoms with Crippen LogP contribution in [0.2, 0.25) is 0 Å². The number of nitrogens with zero attached hydrogens (tertiary/aromatic N) is 1. The lowest BCUT2D eigenvalue weighted by molar-refractivity contribution is -0.143. The van der Waals surface area contributed by atoms with Crippen LogP contribution in [0.5, 0.6) is 5.75 Å². The Morgan fingerprint density at radius 1 is 1.38 bits per heavy atom. The van der Waals surface area contributed by atoms with Crippen LogP contribution in [0.15, 0.2) is 18.2 Å². The Morgan fingerprint density at radius 2 is 2.19 bits per heavy atom. The van der Waals surface area contributed by atoms with Crippen LogP contribution in [0, 0.1) is 0 Å². The zero-order valence-corrected chi connectivity index (χ0v) is 12.6. The number of carbonyl (C=O) groups is 1. The van der Waals surface area contributed by atoms with Crippen molar-refractivity contribution in [1.29, 1.82) is 0 Å². The number of carbonyl (C=O) groups excluding carboxylic acids is 1. The number of hydrogen-bond donors (Lipinski definition) is 2. The Kier molecular flexibility index (Phi) is 5.08. The number of phenolic OH excluding ortho intramolecular Hbond substituents is 1. The minimum absolute atomic E-state index is 0. The summed E-state index contributed by atoms with van der Waals surface area (Å²) < 4.78 is 5.67. The summed E-state index contributed by atoms with van der Waals surface area (Å²) in [7, 11) is 0. The van der Waals surface area contributed by atoms with Gasteiger partial charge in [-0.2, -0.15) is 0 Å². The maximum absolute atomic E-state index is 12.5. The van der Waals surface area contributed by atoms with Gasteiger partial charge in [-0.05, 0) is 42.5 Å². The van der Waals surface area contributed by atoms with Crippen molar-refractivity contribution in [1.82, 2.24) is 4.90 Å². The number of aromatic hydroxyl groups is 1. The summed E-state index contributed by atoms with van der Waals surface area (Å²) in [5.74, 6) is 0.299. The first-order valence-corrected chi connectivity index (χ1v) is 7.12. The Morgan fingerprint density at radius 3 is 2.90 bits per heavy atom. The van der Waals surface area contributed by atoms with E-state index in [9.17, 15) is 9.90 Å². The van der Waals surface area contributed by atoms with E-state index in [0.29, 0.717) is 19.6 Å². The lowest BCUT2D eigenvalue weighted by atomic mass is 9.99. The molecule has 2 heterocycles. The topological polar surface area (TPSA) is 75.8 Å². The zero-order chi connectivity index (χ0) is 14.1. The standard InChI is InChI=1S/C15H20N2O3.ClH/c16-8-13-3-4-14(20-13)15(19)17-6-5-10-1-2-12(18)7-11(10)9-17;/h1-2,7,13-14,18H,3-6,8-9,16H2;1H/t13-,14+;/m1./s1. The van der Waals surface area contributed by atoms with Gasteiger partial charge in [0.15, 0.2) is 0 Å². The molecule has 6 heteroatoms. The summed E-state index contributed by atoms with van der Waals surface area (Å²) in [4.78, 5) is 14.3.